The monoisotopic (exact) mass is 402 g/mol. The molecular formula is C19H19FN4O3S. The van der Waals surface area contributed by atoms with Crippen molar-refractivity contribution in [3.8, 4) is 0 Å². The smallest absolute Gasteiger partial charge is 0.235 e. The lowest BCUT2D eigenvalue weighted by atomic mass is 10.0. The number of H-pyrrole nitrogens is 1. The molecule has 1 aromatic carbocycles. The second kappa shape index (κ2) is 7.31. The Morgan fingerprint density at radius 3 is 2.75 bits per heavy atom. The van der Waals surface area contributed by atoms with Gasteiger partial charge >= 0.3 is 0 Å². The van der Waals surface area contributed by atoms with Crippen LogP contribution in [-0.2, 0) is 10.0 Å². The molecule has 1 aliphatic rings. The highest BCUT2D eigenvalue weighted by atomic mass is 32.2. The molecule has 4 rings (SSSR count). The van der Waals surface area contributed by atoms with Crippen LogP contribution >= 0.6 is 0 Å². The summed E-state index contributed by atoms with van der Waals surface area (Å²) in [6.45, 7) is 0. The number of nitrogens with one attached hydrogen (secondary N) is 2. The average Bonchev–Trinajstić information content (AvgIpc) is 3.14. The number of carbonyl (C=O) groups excluding carboxylic acids is 1. The molecule has 0 saturated heterocycles. The van der Waals surface area contributed by atoms with Crippen molar-refractivity contribution in [2.75, 3.05) is 4.72 Å². The van der Waals surface area contributed by atoms with Gasteiger partial charge in [-0.2, -0.15) is 0 Å². The number of fused-ring (bicyclic) bond motifs is 1. The van der Waals surface area contributed by atoms with E-state index in [4.69, 9.17) is 0 Å². The third kappa shape index (κ3) is 3.37. The fourth-order valence-corrected chi connectivity index (χ4v) is 5.18. The Hall–Kier alpha value is -2.81. The summed E-state index contributed by atoms with van der Waals surface area (Å²) in [4.78, 5) is 23.6. The van der Waals surface area contributed by atoms with Gasteiger partial charge in [-0.25, -0.2) is 22.8 Å². The molecule has 28 heavy (non-hydrogen) atoms. The van der Waals surface area contributed by atoms with Gasteiger partial charge in [-0.15, -0.1) is 0 Å². The molecule has 0 radical (unpaired) electrons. The number of carbonyl (C=O) groups is 1. The first-order chi connectivity index (χ1) is 13.5. The van der Waals surface area contributed by atoms with E-state index in [1.165, 1.54) is 36.9 Å². The lowest BCUT2D eigenvalue weighted by Crippen LogP contribution is -2.30. The lowest BCUT2D eigenvalue weighted by Gasteiger charge is -2.22. The number of sulfonamides is 1. The van der Waals surface area contributed by atoms with E-state index in [0.717, 1.165) is 19.3 Å². The Kier molecular flexibility index (Phi) is 4.84. The normalized spacial score (nSPS) is 15.6. The molecule has 146 valence electrons. The van der Waals surface area contributed by atoms with Crippen LogP contribution in [0.1, 0.15) is 48.0 Å². The van der Waals surface area contributed by atoms with Gasteiger partial charge in [-0.05, 0) is 25.0 Å². The standard InChI is InChI=1S/C19H19FN4O3S/c20-17-13(18(25)14-10-22-19-15(14)9-21-11-23-19)7-4-8-16(17)24-28(26,27)12-5-2-1-3-6-12/h4,7-12,24H,1-3,5-6H2,(H,21,22,23). The van der Waals surface area contributed by atoms with Gasteiger partial charge in [0.15, 0.2) is 11.6 Å². The number of anilines is 1. The molecule has 0 aliphatic heterocycles. The highest BCUT2D eigenvalue weighted by Crippen LogP contribution is 2.28. The Bertz CT molecular complexity index is 1140. The van der Waals surface area contributed by atoms with Crippen molar-refractivity contribution >= 4 is 32.5 Å². The van der Waals surface area contributed by atoms with Crippen molar-refractivity contribution in [1.29, 1.82) is 0 Å². The minimum absolute atomic E-state index is 0.214. The van der Waals surface area contributed by atoms with Crippen molar-refractivity contribution in [3.63, 3.8) is 0 Å². The molecule has 1 fully saturated rings. The van der Waals surface area contributed by atoms with Gasteiger partial charge in [-0.1, -0.05) is 25.3 Å². The zero-order valence-electron chi connectivity index (χ0n) is 15.0. The van der Waals surface area contributed by atoms with Crippen LogP contribution in [0.25, 0.3) is 11.0 Å². The van der Waals surface area contributed by atoms with Crippen molar-refractivity contribution < 1.29 is 17.6 Å². The molecule has 9 heteroatoms. The molecule has 0 spiro atoms. The topological polar surface area (TPSA) is 105 Å². The summed E-state index contributed by atoms with van der Waals surface area (Å²) < 4.78 is 42.6. The molecule has 2 heterocycles. The second-order valence-corrected chi connectivity index (χ2v) is 8.85. The van der Waals surface area contributed by atoms with Crippen LogP contribution in [0.15, 0.2) is 36.9 Å². The minimum Gasteiger partial charge on any atom is -0.345 e. The van der Waals surface area contributed by atoms with Crippen LogP contribution in [0.4, 0.5) is 10.1 Å². The average molecular weight is 402 g/mol. The number of ketones is 1. The van der Waals surface area contributed by atoms with Gasteiger partial charge in [0, 0.05) is 17.8 Å². The van der Waals surface area contributed by atoms with Crippen molar-refractivity contribution in [3.05, 3.63) is 53.9 Å². The molecule has 3 aromatic rings. The van der Waals surface area contributed by atoms with Gasteiger partial charge in [0.05, 0.1) is 22.1 Å². The first kappa shape index (κ1) is 18.5. The maximum absolute atomic E-state index is 15.0. The van der Waals surface area contributed by atoms with Crippen LogP contribution in [-0.4, -0.2) is 34.4 Å². The quantitative estimate of drug-likeness (QED) is 0.637. The van der Waals surface area contributed by atoms with Crippen molar-refractivity contribution in [1.82, 2.24) is 15.0 Å². The number of hydrogen-bond donors (Lipinski definition) is 2. The predicted octanol–water partition coefficient (Wildman–Crippen LogP) is 3.40. The van der Waals surface area contributed by atoms with Crippen molar-refractivity contribution in [2.24, 2.45) is 0 Å². The van der Waals surface area contributed by atoms with Gasteiger partial charge in [-0.3, -0.25) is 9.52 Å². The van der Waals surface area contributed by atoms with E-state index in [1.807, 2.05) is 0 Å². The summed E-state index contributed by atoms with van der Waals surface area (Å²) in [7, 11) is -3.72. The summed E-state index contributed by atoms with van der Waals surface area (Å²) in [6, 6.07) is 4.11. The highest BCUT2D eigenvalue weighted by molar-refractivity contribution is 7.93. The van der Waals surface area contributed by atoms with Crippen LogP contribution < -0.4 is 4.72 Å². The highest BCUT2D eigenvalue weighted by Gasteiger charge is 2.29. The maximum atomic E-state index is 15.0. The predicted molar refractivity (Wildman–Crippen MR) is 103 cm³/mol. The van der Waals surface area contributed by atoms with Crippen LogP contribution in [0.3, 0.4) is 0 Å². The van der Waals surface area contributed by atoms with Crippen molar-refractivity contribution in [2.45, 2.75) is 37.4 Å². The number of benzene rings is 1. The molecule has 7 nitrogen and oxygen atoms in total. The third-order valence-electron chi connectivity index (χ3n) is 5.09. The number of rotatable bonds is 5. The van der Waals surface area contributed by atoms with Crippen LogP contribution in [0.2, 0.25) is 0 Å². The summed E-state index contributed by atoms with van der Waals surface area (Å²) in [6.07, 6.45) is 8.08. The molecule has 2 N–H and O–H groups in total. The first-order valence-electron chi connectivity index (χ1n) is 9.09. The summed E-state index contributed by atoms with van der Waals surface area (Å²) in [5, 5.41) is -0.0640. The number of hydrogen-bond acceptors (Lipinski definition) is 5. The minimum atomic E-state index is -3.72. The molecule has 1 aliphatic carbocycles. The number of aromatic amines is 1. The number of aromatic nitrogens is 3. The van der Waals surface area contributed by atoms with E-state index in [2.05, 4.69) is 19.7 Å². The largest absolute Gasteiger partial charge is 0.345 e. The molecule has 0 atom stereocenters. The van der Waals surface area contributed by atoms with Crippen LogP contribution in [0.5, 0.6) is 0 Å². The Morgan fingerprint density at radius 1 is 1.18 bits per heavy atom. The summed E-state index contributed by atoms with van der Waals surface area (Å²) in [5.41, 5.74) is 0.260. The molecule has 2 aromatic heterocycles. The zero-order chi connectivity index (χ0) is 19.7. The van der Waals surface area contributed by atoms with Crippen LogP contribution in [0, 0.1) is 5.82 Å². The van der Waals surface area contributed by atoms with E-state index < -0.39 is 26.9 Å². The van der Waals surface area contributed by atoms with Gasteiger partial charge < -0.3 is 4.98 Å². The Balaban J connectivity index is 1.66. The number of nitrogens with zero attached hydrogens (tertiary/aromatic N) is 2. The SMILES string of the molecule is O=C(c1cccc(NS(=O)(=O)C2CCCCC2)c1F)c1c[nH]c2ncncc12. The summed E-state index contributed by atoms with van der Waals surface area (Å²) in [5.74, 6) is -1.46. The fraction of sp³-hybridized carbons (Fsp3) is 0.316. The van der Waals surface area contributed by atoms with E-state index in [-0.39, 0.29) is 16.8 Å². The van der Waals surface area contributed by atoms with E-state index in [1.54, 1.807) is 0 Å². The molecule has 0 unspecified atom stereocenters. The summed E-state index contributed by atoms with van der Waals surface area (Å²) >= 11 is 0. The molecule has 1 saturated carbocycles. The molecule has 0 bridgehead atoms. The molecule has 0 amide bonds. The second-order valence-electron chi connectivity index (χ2n) is 6.89. The fourth-order valence-electron chi connectivity index (χ4n) is 3.59. The first-order valence-corrected chi connectivity index (χ1v) is 10.6. The molecular weight excluding hydrogens is 383 g/mol. The van der Waals surface area contributed by atoms with Gasteiger partial charge in [0.2, 0.25) is 10.0 Å². The Morgan fingerprint density at radius 2 is 1.96 bits per heavy atom. The van der Waals surface area contributed by atoms with E-state index in [0.29, 0.717) is 23.9 Å². The van der Waals surface area contributed by atoms with Gasteiger partial charge in [0.25, 0.3) is 0 Å². The maximum Gasteiger partial charge on any atom is 0.235 e. The lowest BCUT2D eigenvalue weighted by molar-refractivity contribution is 0.103. The van der Waals surface area contributed by atoms with E-state index in [9.17, 15) is 13.2 Å². The van der Waals surface area contributed by atoms with Gasteiger partial charge in [0.1, 0.15) is 12.0 Å². The number of halogens is 1. The Labute approximate surface area is 161 Å². The third-order valence-corrected chi connectivity index (χ3v) is 6.94. The van der Waals surface area contributed by atoms with E-state index >= 15 is 4.39 Å². The zero-order valence-corrected chi connectivity index (χ0v) is 15.8.